The average molecular weight is 266 g/mol. The summed E-state index contributed by atoms with van der Waals surface area (Å²) in [4.78, 5) is 12.6. The van der Waals surface area contributed by atoms with Crippen LogP contribution in [0.5, 0.6) is 5.75 Å². The summed E-state index contributed by atoms with van der Waals surface area (Å²) in [5, 5.41) is 19.8. The Labute approximate surface area is 111 Å². The zero-order valence-corrected chi connectivity index (χ0v) is 10.9. The highest BCUT2D eigenvalue weighted by Crippen LogP contribution is 2.33. The van der Waals surface area contributed by atoms with Crippen molar-refractivity contribution in [2.24, 2.45) is 5.92 Å². The van der Waals surface area contributed by atoms with Gasteiger partial charge in [-0.2, -0.15) is 0 Å². The van der Waals surface area contributed by atoms with Crippen molar-refractivity contribution in [2.45, 2.75) is 12.8 Å². The lowest BCUT2D eigenvalue weighted by molar-refractivity contribution is -0.385. The van der Waals surface area contributed by atoms with Gasteiger partial charge in [0.05, 0.1) is 12.0 Å². The maximum atomic E-state index is 10.8. The molecule has 0 spiro atoms. The van der Waals surface area contributed by atoms with Crippen molar-refractivity contribution in [3.05, 3.63) is 28.3 Å². The van der Waals surface area contributed by atoms with Gasteiger partial charge < -0.3 is 14.7 Å². The van der Waals surface area contributed by atoms with Gasteiger partial charge in [-0.15, -0.1) is 0 Å². The molecule has 1 aliphatic heterocycles. The summed E-state index contributed by atoms with van der Waals surface area (Å²) < 4.78 is 5.07. The lowest BCUT2D eigenvalue weighted by atomic mass is 10.1. The van der Waals surface area contributed by atoms with Crippen LogP contribution in [0.25, 0.3) is 0 Å². The van der Waals surface area contributed by atoms with Crippen LogP contribution in [-0.2, 0) is 0 Å². The van der Waals surface area contributed by atoms with E-state index in [0.29, 0.717) is 5.92 Å². The largest absolute Gasteiger partial charge is 0.490 e. The number of nitro benzene ring substituents is 1. The average Bonchev–Trinajstić information content (AvgIpc) is 2.87. The van der Waals surface area contributed by atoms with Gasteiger partial charge in [0.1, 0.15) is 0 Å². The molecular formula is C13H18N2O4. The molecule has 1 aromatic rings. The molecule has 0 radical (unpaired) electrons. The Kier molecular flexibility index (Phi) is 4.21. The lowest BCUT2D eigenvalue weighted by Crippen LogP contribution is -2.19. The van der Waals surface area contributed by atoms with Crippen LogP contribution in [0.3, 0.4) is 0 Å². The first-order valence-electron chi connectivity index (χ1n) is 6.34. The molecule has 0 unspecified atom stereocenters. The number of nitrogens with zero attached hydrogens (tertiary/aromatic N) is 2. The quantitative estimate of drug-likeness (QED) is 0.649. The van der Waals surface area contributed by atoms with Crippen LogP contribution in [0.4, 0.5) is 11.4 Å². The molecule has 2 rings (SSSR count). The third-order valence-corrected chi connectivity index (χ3v) is 3.55. The Morgan fingerprint density at radius 2 is 2.37 bits per heavy atom. The van der Waals surface area contributed by atoms with Crippen LogP contribution >= 0.6 is 0 Å². The molecule has 1 fully saturated rings. The number of anilines is 1. The lowest BCUT2D eigenvalue weighted by Gasteiger charge is -2.19. The molecule has 104 valence electrons. The van der Waals surface area contributed by atoms with Gasteiger partial charge in [0.2, 0.25) is 0 Å². The monoisotopic (exact) mass is 266 g/mol. The van der Waals surface area contributed by atoms with Gasteiger partial charge in [-0.3, -0.25) is 10.1 Å². The predicted octanol–water partition coefficient (Wildman–Crippen LogP) is 1.81. The molecule has 1 heterocycles. The number of rotatable bonds is 5. The Morgan fingerprint density at radius 3 is 3.00 bits per heavy atom. The molecule has 1 aliphatic rings. The first kappa shape index (κ1) is 13.6. The normalized spacial score (nSPS) is 18.6. The van der Waals surface area contributed by atoms with E-state index in [0.717, 1.165) is 31.6 Å². The van der Waals surface area contributed by atoms with E-state index in [2.05, 4.69) is 4.90 Å². The zero-order chi connectivity index (χ0) is 13.8. The van der Waals surface area contributed by atoms with Gasteiger partial charge in [-0.25, -0.2) is 0 Å². The van der Waals surface area contributed by atoms with Gasteiger partial charge in [0.25, 0.3) is 0 Å². The number of aliphatic hydroxyl groups is 1. The van der Waals surface area contributed by atoms with E-state index in [-0.39, 0.29) is 18.0 Å². The van der Waals surface area contributed by atoms with Gasteiger partial charge in [0.15, 0.2) is 5.75 Å². The number of ether oxygens (including phenoxy) is 1. The summed E-state index contributed by atoms with van der Waals surface area (Å²) in [5.41, 5.74) is 0.917. The molecule has 1 saturated heterocycles. The fourth-order valence-electron chi connectivity index (χ4n) is 2.50. The van der Waals surface area contributed by atoms with Crippen molar-refractivity contribution >= 4 is 11.4 Å². The molecule has 0 aliphatic carbocycles. The number of hydrogen-bond donors (Lipinski definition) is 1. The Morgan fingerprint density at radius 1 is 1.58 bits per heavy atom. The molecule has 6 nitrogen and oxygen atoms in total. The van der Waals surface area contributed by atoms with Crippen molar-refractivity contribution in [1.29, 1.82) is 0 Å². The summed E-state index contributed by atoms with van der Waals surface area (Å²) in [6, 6.07) is 4.94. The maximum Gasteiger partial charge on any atom is 0.311 e. The smallest absolute Gasteiger partial charge is 0.311 e. The molecule has 6 heteroatoms. The number of hydrogen-bond acceptors (Lipinski definition) is 5. The summed E-state index contributed by atoms with van der Waals surface area (Å²) >= 11 is 0. The fourth-order valence-corrected chi connectivity index (χ4v) is 2.50. The molecular weight excluding hydrogens is 248 g/mol. The second kappa shape index (κ2) is 5.88. The molecule has 0 aromatic heterocycles. The van der Waals surface area contributed by atoms with E-state index in [1.165, 1.54) is 13.2 Å². The van der Waals surface area contributed by atoms with Crippen LogP contribution in [0.15, 0.2) is 18.2 Å². The molecule has 1 aromatic carbocycles. The summed E-state index contributed by atoms with van der Waals surface area (Å²) in [6.45, 7) is 2.00. The standard InChI is InChI=1S/C13H18N2O4/c1-19-13-8-11(2-3-12(13)15(17)18)14-6-4-10(9-14)5-7-16/h2-3,8,10,16H,4-7,9H2,1H3/t10-/m0/s1. The van der Waals surface area contributed by atoms with Crippen molar-refractivity contribution in [2.75, 3.05) is 31.7 Å². The van der Waals surface area contributed by atoms with Crippen molar-refractivity contribution < 1.29 is 14.8 Å². The Bertz CT molecular complexity index is 464. The highest BCUT2D eigenvalue weighted by Gasteiger charge is 2.24. The fraction of sp³-hybridized carbons (Fsp3) is 0.538. The topological polar surface area (TPSA) is 75.8 Å². The van der Waals surface area contributed by atoms with Crippen LogP contribution in [-0.4, -0.2) is 36.8 Å². The molecule has 19 heavy (non-hydrogen) atoms. The molecule has 1 atom stereocenters. The van der Waals surface area contributed by atoms with Crippen LogP contribution in [0.1, 0.15) is 12.8 Å². The number of nitro groups is 1. The predicted molar refractivity (Wildman–Crippen MR) is 71.7 cm³/mol. The van der Waals surface area contributed by atoms with E-state index in [4.69, 9.17) is 9.84 Å². The van der Waals surface area contributed by atoms with Crippen LogP contribution in [0.2, 0.25) is 0 Å². The minimum Gasteiger partial charge on any atom is -0.490 e. The molecule has 1 N–H and O–H groups in total. The van der Waals surface area contributed by atoms with Crippen molar-refractivity contribution in [3.8, 4) is 5.75 Å². The molecule has 0 bridgehead atoms. The van der Waals surface area contributed by atoms with E-state index < -0.39 is 4.92 Å². The SMILES string of the molecule is COc1cc(N2CC[C@@H](CCO)C2)ccc1[N+](=O)[O-]. The maximum absolute atomic E-state index is 10.8. The number of aliphatic hydroxyl groups excluding tert-OH is 1. The van der Waals surface area contributed by atoms with Gasteiger partial charge >= 0.3 is 5.69 Å². The van der Waals surface area contributed by atoms with Gasteiger partial charge in [-0.1, -0.05) is 0 Å². The van der Waals surface area contributed by atoms with Gasteiger partial charge in [-0.05, 0) is 24.8 Å². The zero-order valence-electron chi connectivity index (χ0n) is 10.9. The minimum atomic E-state index is -0.443. The highest BCUT2D eigenvalue weighted by molar-refractivity contribution is 5.59. The summed E-state index contributed by atoms with van der Waals surface area (Å²) in [6.07, 6.45) is 1.85. The Balaban J connectivity index is 2.16. The second-order valence-electron chi connectivity index (χ2n) is 4.73. The first-order valence-corrected chi connectivity index (χ1v) is 6.34. The first-order chi connectivity index (χ1) is 9.15. The minimum absolute atomic E-state index is 0.0163. The van der Waals surface area contributed by atoms with Crippen molar-refractivity contribution in [1.82, 2.24) is 0 Å². The molecule has 0 saturated carbocycles. The van der Waals surface area contributed by atoms with E-state index >= 15 is 0 Å². The summed E-state index contributed by atoms with van der Waals surface area (Å²) in [7, 11) is 1.44. The van der Waals surface area contributed by atoms with Crippen LogP contribution in [0, 0.1) is 16.0 Å². The number of benzene rings is 1. The van der Waals surface area contributed by atoms with Crippen molar-refractivity contribution in [3.63, 3.8) is 0 Å². The van der Waals surface area contributed by atoms with Crippen LogP contribution < -0.4 is 9.64 Å². The number of methoxy groups -OCH3 is 1. The third-order valence-electron chi connectivity index (χ3n) is 3.55. The molecule has 0 amide bonds. The van der Waals surface area contributed by atoms with E-state index in [1.807, 2.05) is 0 Å². The van der Waals surface area contributed by atoms with E-state index in [1.54, 1.807) is 12.1 Å². The summed E-state index contributed by atoms with van der Waals surface area (Å²) in [5.74, 6) is 0.777. The third kappa shape index (κ3) is 2.96. The Hall–Kier alpha value is -1.82. The van der Waals surface area contributed by atoms with E-state index in [9.17, 15) is 10.1 Å². The van der Waals surface area contributed by atoms with Gasteiger partial charge in [0, 0.05) is 37.5 Å². The highest BCUT2D eigenvalue weighted by atomic mass is 16.6. The second-order valence-corrected chi connectivity index (χ2v) is 4.73.